The molecule has 0 aliphatic carbocycles. The quantitative estimate of drug-likeness (QED) is 0.506. The van der Waals surface area contributed by atoms with Gasteiger partial charge in [0.1, 0.15) is 6.04 Å². The van der Waals surface area contributed by atoms with Crippen LogP contribution in [0.5, 0.6) is 0 Å². The van der Waals surface area contributed by atoms with Crippen LogP contribution in [0.1, 0.15) is 12.8 Å². The molecule has 1 heterocycles. The number of hydrogen-bond donors (Lipinski definition) is 1. The Kier molecular flexibility index (Phi) is 1.77. The zero-order chi connectivity index (χ0) is 6.69. The van der Waals surface area contributed by atoms with Gasteiger partial charge >= 0.3 is 0 Å². The number of carbonyl (C=O) groups excluding carboxylic acids is 1. The van der Waals surface area contributed by atoms with Gasteiger partial charge in [-0.25, -0.2) is 0 Å². The van der Waals surface area contributed by atoms with Crippen molar-refractivity contribution >= 4 is 5.91 Å². The number of piperidine rings is 1. The molecule has 0 radical (unpaired) electrons. The molecule has 1 N–H and O–H groups in total. The van der Waals surface area contributed by atoms with Gasteiger partial charge in [-0.05, 0) is 6.42 Å². The Morgan fingerprint density at radius 1 is 1.67 bits per heavy atom. The smallest absolute Gasteiger partial charge is 0.222 e. The van der Waals surface area contributed by atoms with Gasteiger partial charge in [-0.15, -0.1) is 0 Å². The summed E-state index contributed by atoms with van der Waals surface area (Å²) >= 11 is 0. The molecule has 4 nitrogen and oxygen atoms in total. The molecule has 1 fully saturated rings. The molecule has 50 valence electrons. The van der Waals surface area contributed by atoms with Crippen molar-refractivity contribution < 1.29 is 4.79 Å². The first-order chi connectivity index (χ1) is 4.33. The minimum Gasteiger partial charge on any atom is -0.356 e. The third-order valence-corrected chi connectivity index (χ3v) is 1.37. The van der Waals surface area contributed by atoms with Gasteiger partial charge in [0.05, 0.1) is 6.42 Å². The Morgan fingerprint density at radius 2 is 2.44 bits per heavy atom. The van der Waals surface area contributed by atoms with Crippen molar-refractivity contribution in [3.8, 4) is 0 Å². The Bertz CT molecular complexity index is 135. The number of hydrogen-bond acceptors (Lipinski definition) is 3. The SMILES string of the molecule is O=NC1CCNC(=O)C1. The summed E-state index contributed by atoms with van der Waals surface area (Å²) in [6.07, 6.45) is 0.957. The summed E-state index contributed by atoms with van der Waals surface area (Å²) in [5.41, 5.74) is 0. The number of nitrogens with one attached hydrogen (secondary N) is 1. The first kappa shape index (κ1) is 6.19. The average molecular weight is 128 g/mol. The third-order valence-electron chi connectivity index (χ3n) is 1.37. The summed E-state index contributed by atoms with van der Waals surface area (Å²) in [4.78, 5) is 20.4. The van der Waals surface area contributed by atoms with Gasteiger partial charge in [0, 0.05) is 6.54 Å². The fourth-order valence-electron chi connectivity index (χ4n) is 0.856. The maximum atomic E-state index is 10.5. The standard InChI is InChI=1S/C5H8N2O2/c8-5-3-4(7-9)1-2-6-5/h4H,1-3H2,(H,6,8). The molecule has 0 saturated carbocycles. The lowest BCUT2D eigenvalue weighted by atomic mass is 10.1. The lowest BCUT2D eigenvalue weighted by Crippen LogP contribution is -2.35. The van der Waals surface area contributed by atoms with E-state index in [4.69, 9.17) is 0 Å². The van der Waals surface area contributed by atoms with Gasteiger partial charge in [0.25, 0.3) is 0 Å². The highest BCUT2D eigenvalue weighted by atomic mass is 16.3. The highest BCUT2D eigenvalue weighted by Gasteiger charge is 2.18. The Hall–Kier alpha value is -0.930. The lowest BCUT2D eigenvalue weighted by molar-refractivity contribution is -0.122. The molecule has 1 saturated heterocycles. The number of carbonyl (C=O) groups is 1. The molecule has 0 spiro atoms. The van der Waals surface area contributed by atoms with Crippen molar-refractivity contribution in [2.45, 2.75) is 18.9 Å². The van der Waals surface area contributed by atoms with Crippen LogP contribution in [0.25, 0.3) is 0 Å². The molecule has 1 rings (SSSR count). The van der Waals surface area contributed by atoms with Crippen molar-refractivity contribution in [1.82, 2.24) is 5.32 Å². The number of rotatable bonds is 1. The summed E-state index contributed by atoms with van der Waals surface area (Å²) in [5.74, 6) is -0.0640. The number of amides is 1. The van der Waals surface area contributed by atoms with Crippen molar-refractivity contribution in [1.29, 1.82) is 0 Å². The van der Waals surface area contributed by atoms with Crippen LogP contribution in [-0.4, -0.2) is 18.5 Å². The minimum atomic E-state index is -0.279. The first-order valence-electron chi connectivity index (χ1n) is 2.92. The van der Waals surface area contributed by atoms with E-state index in [0.29, 0.717) is 13.0 Å². The van der Waals surface area contributed by atoms with E-state index in [2.05, 4.69) is 10.5 Å². The zero-order valence-electron chi connectivity index (χ0n) is 4.96. The van der Waals surface area contributed by atoms with E-state index in [-0.39, 0.29) is 18.4 Å². The van der Waals surface area contributed by atoms with E-state index in [1.807, 2.05) is 0 Å². The second kappa shape index (κ2) is 2.57. The Morgan fingerprint density at radius 3 is 2.89 bits per heavy atom. The first-order valence-corrected chi connectivity index (χ1v) is 2.92. The molecule has 1 aliphatic heterocycles. The molecule has 1 unspecified atom stereocenters. The van der Waals surface area contributed by atoms with Gasteiger partial charge < -0.3 is 5.32 Å². The van der Waals surface area contributed by atoms with Gasteiger partial charge in [0.2, 0.25) is 5.91 Å². The molecule has 9 heavy (non-hydrogen) atoms. The van der Waals surface area contributed by atoms with Crippen LogP contribution in [0, 0.1) is 4.91 Å². The van der Waals surface area contributed by atoms with Gasteiger partial charge in [-0.2, -0.15) is 4.91 Å². The third kappa shape index (κ3) is 1.48. The van der Waals surface area contributed by atoms with Crippen molar-refractivity contribution in [3.63, 3.8) is 0 Å². The predicted molar refractivity (Wildman–Crippen MR) is 31.8 cm³/mol. The van der Waals surface area contributed by atoms with Crippen LogP contribution >= 0.6 is 0 Å². The van der Waals surface area contributed by atoms with Gasteiger partial charge in [-0.1, -0.05) is 5.18 Å². The summed E-state index contributed by atoms with van der Waals surface area (Å²) in [6.45, 7) is 0.593. The molecule has 0 bridgehead atoms. The van der Waals surface area contributed by atoms with Crippen LogP contribution in [0.3, 0.4) is 0 Å². The fraction of sp³-hybridized carbons (Fsp3) is 0.800. The Balaban J connectivity index is 2.40. The van der Waals surface area contributed by atoms with Crippen LogP contribution in [0.15, 0.2) is 5.18 Å². The normalized spacial score (nSPS) is 27.1. The minimum absolute atomic E-state index is 0.0640. The summed E-state index contributed by atoms with van der Waals surface area (Å²) in [6, 6.07) is -0.279. The summed E-state index contributed by atoms with van der Waals surface area (Å²) in [5, 5.41) is 5.40. The molecule has 0 aromatic carbocycles. The van der Waals surface area contributed by atoms with Gasteiger partial charge in [-0.3, -0.25) is 4.79 Å². The van der Waals surface area contributed by atoms with Gasteiger partial charge in [0.15, 0.2) is 0 Å². The van der Waals surface area contributed by atoms with Crippen molar-refractivity contribution in [2.24, 2.45) is 5.18 Å². The van der Waals surface area contributed by atoms with E-state index in [1.54, 1.807) is 0 Å². The fourth-order valence-corrected chi connectivity index (χ4v) is 0.856. The van der Waals surface area contributed by atoms with Crippen molar-refractivity contribution in [2.75, 3.05) is 6.54 Å². The van der Waals surface area contributed by atoms with E-state index in [1.165, 1.54) is 0 Å². The number of nitrogens with zero attached hydrogens (tertiary/aromatic N) is 1. The summed E-state index contributed by atoms with van der Waals surface area (Å²) in [7, 11) is 0. The van der Waals surface area contributed by atoms with Crippen LogP contribution in [0.2, 0.25) is 0 Å². The molecular formula is C5H8N2O2. The lowest BCUT2D eigenvalue weighted by Gasteiger charge is -2.14. The second-order valence-corrected chi connectivity index (χ2v) is 2.10. The van der Waals surface area contributed by atoms with E-state index < -0.39 is 0 Å². The molecule has 0 aromatic rings. The van der Waals surface area contributed by atoms with Crippen LogP contribution in [0.4, 0.5) is 0 Å². The predicted octanol–water partition coefficient (Wildman–Crippen LogP) is 0.0314. The van der Waals surface area contributed by atoms with E-state index >= 15 is 0 Å². The topological polar surface area (TPSA) is 58.5 Å². The highest BCUT2D eigenvalue weighted by molar-refractivity contribution is 5.77. The number of nitroso groups, excluding NO2 is 1. The van der Waals surface area contributed by atoms with Crippen molar-refractivity contribution in [3.05, 3.63) is 4.91 Å². The maximum absolute atomic E-state index is 10.5. The molecule has 4 heteroatoms. The average Bonchev–Trinajstić information content (AvgIpc) is 1.88. The summed E-state index contributed by atoms with van der Waals surface area (Å²) < 4.78 is 0. The van der Waals surface area contributed by atoms with E-state index in [9.17, 15) is 9.70 Å². The monoisotopic (exact) mass is 128 g/mol. The Labute approximate surface area is 52.6 Å². The largest absolute Gasteiger partial charge is 0.356 e. The molecule has 1 atom stereocenters. The molecule has 1 amide bonds. The van der Waals surface area contributed by atoms with Crippen LogP contribution < -0.4 is 5.32 Å². The van der Waals surface area contributed by atoms with E-state index in [0.717, 1.165) is 0 Å². The van der Waals surface area contributed by atoms with Crippen LogP contribution in [-0.2, 0) is 4.79 Å². The zero-order valence-corrected chi connectivity index (χ0v) is 4.96. The molecular weight excluding hydrogens is 120 g/mol. The molecule has 1 aliphatic rings. The molecule has 0 aromatic heterocycles. The highest BCUT2D eigenvalue weighted by Crippen LogP contribution is 2.06. The second-order valence-electron chi connectivity index (χ2n) is 2.10. The maximum Gasteiger partial charge on any atom is 0.222 e.